The number of ether oxygens (including phenoxy) is 5. The van der Waals surface area contributed by atoms with Crippen LogP contribution in [0.25, 0.3) is 0 Å². The van der Waals surface area contributed by atoms with Crippen molar-refractivity contribution >= 4 is 22.7 Å². The van der Waals surface area contributed by atoms with Crippen LogP contribution in [-0.4, -0.2) is 109 Å². The first-order valence-electron chi connectivity index (χ1n) is 14.2. The molecule has 3 rings (SSSR count). The van der Waals surface area contributed by atoms with Crippen LogP contribution in [0.3, 0.4) is 0 Å². The number of hydrogen-bond acceptors (Lipinski definition) is 11. The van der Waals surface area contributed by atoms with Crippen molar-refractivity contribution in [2.45, 2.75) is 57.3 Å². The first-order valence-corrected chi connectivity index (χ1v) is 15.6. The Kier molecular flexibility index (Phi) is 13.9. The highest BCUT2D eigenvalue weighted by molar-refractivity contribution is 7.86. The maximum absolute atomic E-state index is 12.1. The van der Waals surface area contributed by atoms with Crippen molar-refractivity contribution in [3.63, 3.8) is 0 Å². The van der Waals surface area contributed by atoms with E-state index in [1.165, 1.54) is 12.1 Å². The second-order valence-electron chi connectivity index (χ2n) is 10.8. The van der Waals surface area contributed by atoms with E-state index < -0.39 is 17.2 Å². The average Bonchev–Trinajstić information content (AvgIpc) is 3.49. The van der Waals surface area contributed by atoms with Gasteiger partial charge in [0.1, 0.15) is 0 Å². The van der Waals surface area contributed by atoms with Crippen LogP contribution in [0.5, 0.6) is 0 Å². The largest absolute Gasteiger partial charge is 0.498 e. The highest BCUT2D eigenvalue weighted by Gasteiger charge is 2.52. The Bertz CT molecular complexity index is 1140. The van der Waals surface area contributed by atoms with E-state index in [1.807, 2.05) is 45.5 Å². The fraction of sp³-hybridized carbons (Fsp3) is 0.679. The third-order valence-corrected chi connectivity index (χ3v) is 8.23. The molecule has 14 heteroatoms. The Morgan fingerprint density at radius 2 is 1.19 bits per heavy atom. The van der Waals surface area contributed by atoms with Crippen molar-refractivity contribution in [2.75, 3.05) is 72.7 Å². The smallest absolute Gasteiger partial charge is 0.399 e. The molecular formula is C28H45BN2O10S. The summed E-state index contributed by atoms with van der Waals surface area (Å²) < 4.78 is 70.4. The maximum Gasteiger partial charge on any atom is 0.498 e. The number of hydrogen-bond donors (Lipinski definition) is 0. The first-order chi connectivity index (χ1) is 20.0. The van der Waals surface area contributed by atoms with Gasteiger partial charge in [-0.2, -0.15) is 13.5 Å². The topological polar surface area (TPSA) is 126 Å². The molecule has 0 unspecified atom stereocenters. The zero-order chi connectivity index (χ0) is 30.5. The molecule has 0 N–H and O–H groups in total. The molecule has 2 heterocycles. The second kappa shape index (κ2) is 16.8. The zero-order valence-electron chi connectivity index (χ0n) is 25.4. The van der Waals surface area contributed by atoms with Crippen LogP contribution < -0.4 is 5.46 Å². The van der Waals surface area contributed by atoms with Gasteiger partial charge in [-0.3, -0.25) is 8.86 Å². The number of rotatable bonds is 21. The minimum absolute atomic E-state index is 0.0565. The van der Waals surface area contributed by atoms with Crippen molar-refractivity contribution in [3.8, 4) is 0 Å². The molecule has 0 spiro atoms. The quantitative estimate of drug-likeness (QED) is 0.117. The standard InChI is InChI=1S/C28H45BN2O10S/c1-24-6-8-26(9-7-24)42(32,33)39-21-20-38-19-18-37-17-16-36-15-14-35-13-12-34-11-10-31-23-25(22-30-31)29-40-27(2,3)28(4,5)41-29/h6-9,22-23H,10-21H2,1-5H3. The first kappa shape index (κ1) is 34.6. The monoisotopic (exact) mass is 612 g/mol. The van der Waals surface area contributed by atoms with Gasteiger partial charge >= 0.3 is 7.12 Å². The van der Waals surface area contributed by atoms with E-state index in [2.05, 4.69) is 5.10 Å². The number of nitrogens with zero attached hydrogens (tertiary/aromatic N) is 2. The molecular weight excluding hydrogens is 567 g/mol. The Hall–Kier alpha value is -1.88. The van der Waals surface area contributed by atoms with Gasteiger partial charge in [0, 0.05) is 17.9 Å². The van der Waals surface area contributed by atoms with Crippen molar-refractivity contribution in [1.29, 1.82) is 0 Å². The lowest BCUT2D eigenvalue weighted by Gasteiger charge is -2.32. The summed E-state index contributed by atoms with van der Waals surface area (Å²) in [7, 11) is -4.19. The molecule has 1 fully saturated rings. The van der Waals surface area contributed by atoms with Gasteiger partial charge in [0.25, 0.3) is 10.1 Å². The van der Waals surface area contributed by atoms with Gasteiger partial charge in [0.15, 0.2) is 0 Å². The molecule has 1 aliphatic rings. The Balaban J connectivity index is 1.07. The SMILES string of the molecule is Cc1ccc(S(=O)(=O)OCCOCCOCCOCCOCCOCCn2cc(B3OC(C)(C)C(C)(C)O3)cn2)cc1. The molecule has 2 aromatic rings. The predicted octanol–water partition coefficient (Wildman–Crippen LogP) is 1.98. The van der Waals surface area contributed by atoms with E-state index in [4.69, 9.17) is 37.2 Å². The maximum atomic E-state index is 12.1. The van der Waals surface area contributed by atoms with Gasteiger partial charge in [-0.25, -0.2) is 0 Å². The van der Waals surface area contributed by atoms with Crippen molar-refractivity contribution < 1.29 is 45.6 Å². The lowest BCUT2D eigenvalue weighted by molar-refractivity contribution is -0.0130. The number of aryl methyl sites for hydroxylation is 1. The average molecular weight is 613 g/mol. The summed E-state index contributed by atoms with van der Waals surface area (Å²) in [5, 5.41) is 4.37. The lowest BCUT2D eigenvalue weighted by atomic mass is 9.82. The van der Waals surface area contributed by atoms with E-state index >= 15 is 0 Å². The van der Waals surface area contributed by atoms with Gasteiger partial charge < -0.3 is 33.0 Å². The summed E-state index contributed by atoms with van der Waals surface area (Å²) in [6, 6.07) is 6.49. The molecule has 1 aromatic carbocycles. The van der Waals surface area contributed by atoms with E-state index in [-0.39, 0.29) is 29.3 Å². The fourth-order valence-corrected chi connectivity index (χ4v) is 4.61. The lowest BCUT2D eigenvalue weighted by Crippen LogP contribution is -2.41. The highest BCUT2D eigenvalue weighted by atomic mass is 32.2. The predicted molar refractivity (Wildman–Crippen MR) is 156 cm³/mol. The van der Waals surface area contributed by atoms with Gasteiger partial charge in [0.2, 0.25) is 0 Å². The Morgan fingerprint density at radius 3 is 1.69 bits per heavy atom. The summed E-state index contributed by atoms with van der Waals surface area (Å²) in [5.74, 6) is 0. The van der Waals surface area contributed by atoms with Crippen LogP contribution in [-0.2, 0) is 53.8 Å². The molecule has 0 aliphatic carbocycles. The van der Waals surface area contributed by atoms with Crippen LogP contribution in [0, 0.1) is 6.92 Å². The molecule has 0 saturated carbocycles. The van der Waals surface area contributed by atoms with Gasteiger partial charge in [-0.05, 0) is 46.8 Å². The van der Waals surface area contributed by atoms with Crippen LogP contribution in [0.1, 0.15) is 33.3 Å². The van der Waals surface area contributed by atoms with E-state index in [0.29, 0.717) is 66.0 Å². The van der Waals surface area contributed by atoms with Crippen molar-refractivity contribution in [1.82, 2.24) is 9.78 Å². The third-order valence-electron chi connectivity index (χ3n) is 6.91. The molecule has 1 aromatic heterocycles. The van der Waals surface area contributed by atoms with Crippen LogP contribution in [0.2, 0.25) is 0 Å². The summed E-state index contributed by atoms with van der Waals surface area (Å²) in [5.41, 5.74) is 1.11. The molecule has 1 aliphatic heterocycles. The Labute approximate surface area is 250 Å². The summed E-state index contributed by atoms with van der Waals surface area (Å²) >= 11 is 0. The van der Waals surface area contributed by atoms with Gasteiger partial charge in [-0.1, -0.05) is 17.7 Å². The van der Waals surface area contributed by atoms with E-state index in [0.717, 1.165) is 11.0 Å². The minimum Gasteiger partial charge on any atom is -0.399 e. The van der Waals surface area contributed by atoms with Gasteiger partial charge in [-0.15, -0.1) is 0 Å². The number of aromatic nitrogens is 2. The van der Waals surface area contributed by atoms with Crippen LogP contribution in [0.15, 0.2) is 41.6 Å². The normalized spacial score (nSPS) is 16.4. The molecule has 236 valence electrons. The summed E-state index contributed by atoms with van der Waals surface area (Å²) in [6.45, 7) is 14.7. The van der Waals surface area contributed by atoms with Crippen molar-refractivity contribution in [3.05, 3.63) is 42.2 Å². The molecule has 12 nitrogen and oxygen atoms in total. The van der Waals surface area contributed by atoms with Crippen LogP contribution >= 0.6 is 0 Å². The number of benzene rings is 1. The summed E-state index contributed by atoms with van der Waals surface area (Å²) in [4.78, 5) is 0.130. The minimum atomic E-state index is -3.77. The Morgan fingerprint density at radius 1 is 0.738 bits per heavy atom. The summed E-state index contributed by atoms with van der Waals surface area (Å²) in [6.07, 6.45) is 3.69. The third kappa shape index (κ3) is 11.3. The van der Waals surface area contributed by atoms with E-state index in [9.17, 15) is 8.42 Å². The molecule has 0 amide bonds. The molecule has 0 atom stereocenters. The van der Waals surface area contributed by atoms with Crippen molar-refractivity contribution in [2.24, 2.45) is 0 Å². The molecule has 0 bridgehead atoms. The van der Waals surface area contributed by atoms with E-state index in [1.54, 1.807) is 18.3 Å². The fourth-order valence-electron chi connectivity index (χ4n) is 3.72. The molecule has 1 saturated heterocycles. The zero-order valence-corrected chi connectivity index (χ0v) is 26.2. The molecule has 42 heavy (non-hydrogen) atoms. The van der Waals surface area contributed by atoms with Gasteiger partial charge in [0.05, 0.1) is 95.3 Å². The highest BCUT2D eigenvalue weighted by Crippen LogP contribution is 2.36. The van der Waals surface area contributed by atoms with Crippen LogP contribution in [0.4, 0.5) is 0 Å². The second-order valence-corrected chi connectivity index (χ2v) is 12.4. The molecule has 0 radical (unpaired) electrons.